The van der Waals surface area contributed by atoms with Crippen LogP contribution in [0, 0.1) is 0 Å². The van der Waals surface area contributed by atoms with Crippen LogP contribution in [0.15, 0.2) is 34.5 Å². The highest BCUT2D eigenvalue weighted by Crippen LogP contribution is 2.22. The molecule has 0 aliphatic carbocycles. The summed E-state index contributed by atoms with van der Waals surface area (Å²) in [6, 6.07) is 5.89. The molecule has 7 nitrogen and oxygen atoms in total. The molecule has 3 N–H and O–H groups in total. The number of hydrogen-bond acceptors (Lipinski definition) is 7. The van der Waals surface area contributed by atoms with E-state index in [0.29, 0.717) is 10.8 Å². The Kier molecular flexibility index (Phi) is 4.56. The Morgan fingerprint density at radius 3 is 2.62 bits per heavy atom. The van der Waals surface area contributed by atoms with Crippen LogP contribution < -0.4 is 10.5 Å². The molecule has 2 rings (SSSR count). The van der Waals surface area contributed by atoms with Crippen molar-refractivity contribution >= 4 is 38.1 Å². The zero-order valence-corrected chi connectivity index (χ0v) is 12.7. The monoisotopic (exact) mass is 327 g/mol. The first-order chi connectivity index (χ1) is 9.90. The number of nitrogens with zero attached hydrogens (tertiary/aromatic N) is 1. The third-order valence-electron chi connectivity index (χ3n) is 2.42. The summed E-state index contributed by atoms with van der Waals surface area (Å²) < 4.78 is 27.1. The molecule has 0 aliphatic rings. The topological polar surface area (TPSA) is 111 Å². The summed E-state index contributed by atoms with van der Waals surface area (Å²) in [6.07, 6.45) is 0. The quantitative estimate of drug-likeness (QED) is 0.809. The molecule has 112 valence electrons. The van der Waals surface area contributed by atoms with Gasteiger partial charge in [-0.2, -0.15) is 0 Å². The molecule has 0 atom stereocenters. The van der Waals surface area contributed by atoms with Gasteiger partial charge in [0.25, 0.3) is 0 Å². The van der Waals surface area contributed by atoms with Gasteiger partial charge in [0.05, 0.1) is 11.5 Å². The van der Waals surface area contributed by atoms with E-state index in [0.717, 1.165) is 0 Å². The van der Waals surface area contributed by atoms with Gasteiger partial charge in [-0.05, 0) is 31.2 Å². The minimum Gasteiger partial charge on any atom is -0.461 e. The maximum Gasteiger partial charge on any atom is 0.357 e. The molecule has 0 amide bonds. The lowest BCUT2D eigenvalue weighted by molar-refractivity contribution is 0.0520. The maximum absolute atomic E-state index is 11.5. The third-order valence-corrected chi connectivity index (χ3v) is 4.11. The second kappa shape index (κ2) is 6.20. The molecule has 21 heavy (non-hydrogen) atoms. The number of sulfonamides is 1. The Bertz CT molecular complexity index is 738. The van der Waals surface area contributed by atoms with E-state index in [1.165, 1.54) is 23.5 Å². The summed E-state index contributed by atoms with van der Waals surface area (Å²) in [6.45, 7) is 2.00. The van der Waals surface area contributed by atoms with E-state index in [-0.39, 0.29) is 17.2 Å². The molecule has 0 unspecified atom stereocenters. The number of nitrogens with two attached hydrogens (primary N) is 1. The minimum atomic E-state index is -3.71. The summed E-state index contributed by atoms with van der Waals surface area (Å²) in [5, 5.41) is 10.1. The molecule has 2 aromatic rings. The van der Waals surface area contributed by atoms with Crippen molar-refractivity contribution in [2.24, 2.45) is 5.14 Å². The van der Waals surface area contributed by atoms with Crippen molar-refractivity contribution in [1.29, 1.82) is 0 Å². The third kappa shape index (κ3) is 4.00. The molecular formula is C12H13N3O4S2. The van der Waals surface area contributed by atoms with E-state index in [1.807, 2.05) is 0 Å². The van der Waals surface area contributed by atoms with Crippen molar-refractivity contribution in [2.45, 2.75) is 11.8 Å². The normalized spacial score (nSPS) is 11.1. The lowest BCUT2D eigenvalue weighted by Crippen LogP contribution is -2.11. The number of benzene rings is 1. The lowest BCUT2D eigenvalue weighted by atomic mass is 10.3. The van der Waals surface area contributed by atoms with E-state index in [1.54, 1.807) is 24.4 Å². The van der Waals surface area contributed by atoms with E-state index >= 15 is 0 Å². The van der Waals surface area contributed by atoms with Gasteiger partial charge in [-0.3, -0.25) is 0 Å². The molecule has 0 aliphatic heterocycles. The van der Waals surface area contributed by atoms with Gasteiger partial charge in [-0.15, -0.1) is 11.3 Å². The number of carbonyl (C=O) groups excluding carboxylic acids is 1. The highest BCUT2D eigenvalue weighted by molar-refractivity contribution is 7.89. The second-order valence-electron chi connectivity index (χ2n) is 3.95. The first-order valence-corrected chi connectivity index (χ1v) is 8.35. The van der Waals surface area contributed by atoms with Crippen LogP contribution in [0.3, 0.4) is 0 Å². The van der Waals surface area contributed by atoms with Crippen molar-refractivity contribution in [3.63, 3.8) is 0 Å². The fourth-order valence-electron chi connectivity index (χ4n) is 1.48. The number of esters is 1. The zero-order valence-electron chi connectivity index (χ0n) is 11.1. The Morgan fingerprint density at radius 2 is 2.05 bits per heavy atom. The maximum atomic E-state index is 11.5. The van der Waals surface area contributed by atoms with Gasteiger partial charge in [-0.1, -0.05) is 0 Å². The smallest absolute Gasteiger partial charge is 0.357 e. The van der Waals surface area contributed by atoms with Crippen molar-refractivity contribution in [3.8, 4) is 0 Å². The SMILES string of the molecule is CCOC(=O)c1csc(Nc2ccc(S(N)(=O)=O)cc2)n1. The van der Waals surface area contributed by atoms with Crippen LogP contribution in [-0.2, 0) is 14.8 Å². The Labute approximate surface area is 125 Å². The van der Waals surface area contributed by atoms with Crippen molar-refractivity contribution in [3.05, 3.63) is 35.3 Å². The number of primary sulfonamides is 1. The average molecular weight is 327 g/mol. The highest BCUT2D eigenvalue weighted by Gasteiger charge is 2.12. The standard InChI is InChI=1S/C12H13N3O4S2/c1-2-19-11(16)10-7-20-12(15-10)14-8-3-5-9(6-4-8)21(13,17)18/h3-7H,2H2,1H3,(H,14,15)(H2,13,17,18). The predicted octanol–water partition coefficient (Wildman–Crippen LogP) is 1.71. The van der Waals surface area contributed by atoms with Gasteiger partial charge in [0, 0.05) is 11.1 Å². The number of rotatable bonds is 5. The van der Waals surface area contributed by atoms with Gasteiger partial charge in [0.1, 0.15) is 0 Å². The minimum absolute atomic E-state index is 0.0272. The summed E-state index contributed by atoms with van der Waals surface area (Å²) in [5.74, 6) is -0.480. The molecule has 1 aromatic carbocycles. The first-order valence-electron chi connectivity index (χ1n) is 5.92. The Hall–Kier alpha value is -1.97. The van der Waals surface area contributed by atoms with E-state index in [4.69, 9.17) is 9.88 Å². The highest BCUT2D eigenvalue weighted by atomic mass is 32.2. The number of anilines is 2. The van der Waals surface area contributed by atoms with Gasteiger partial charge < -0.3 is 10.1 Å². The molecule has 0 saturated heterocycles. The number of ether oxygens (including phenoxy) is 1. The number of nitrogens with one attached hydrogen (secondary N) is 1. The summed E-state index contributed by atoms with van der Waals surface area (Å²) in [7, 11) is -3.71. The first kappa shape index (κ1) is 15.4. The fraction of sp³-hybridized carbons (Fsp3) is 0.167. The lowest BCUT2D eigenvalue weighted by Gasteiger charge is -2.03. The second-order valence-corrected chi connectivity index (χ2v) is 6.37. The van der Waals surface area contributed by atoms with Crippen LogP contribution in [0.5, 0.6) is 0 Å². The van der Waals surface area contributed by atoms with Crippen LogP contribution in [0.4, 0.5) is 10.8 Å². The number of thiazole rings is 1. The van der Waals surface area contributed by atoms with Crippen molar-refractivity contribution in [2.75, 3.05) is 11.9 Å². The number of hydrogen-bond donors (Lipinski definition) is 2. The van der Waals surface area contributed by atoms with Gasteiger partial charge in [0.2, 0.25) is 10.0 Å². The van der Waals surface area contributed by atoms with Gasteiger partial charge in [-0.25, -0.2) is 23.3 Å². The van der Waals surface area contributed by atoms with Crippen LogP contribution in [-0.4, -0.2) is 26.0 Å². The number of aromatic nitrogens is 1. The molecule has 0 radical (unpaired) electrons. The van der Waals surface area contributed by atoms with Crippen LogP contribution in [0.2, 0.25) is 0 Å². The fourth-order valence-corrected chi connectivity index (χ4v) is 2.70. The van der Waals surface area contributed by atoms with Crippen molar-refractivity contribution < 1.29 is 17.9 Å². The molecule has 0 spiro atoms. The molecule has 0 fully saturated rings. The van der Waals surface area contributed by atoms with Gasteiger partial charge in [0.15, 0.2) is 10.8 Å². The average Bonchev–Trinajstić information content (AvgIpc) is 2.87. The van der Waals surface area contributed by atoms with Crippen LogP contribution >= 0.6 is 11.3 Å². The molecule has 0 bridgehead atoms. The molecule has 1 heterocycles. The molecule has 1 aromatic heterocycles. The summed E-state index contributed by atoms with van der Waals surface area (Å²) >= 11 is 1.24. The van der Waals surface area contributed by atoms with E-state index < -0.39 is 16.0 Å². The largest absolute Gasteiger partial charge is 0.461 e. The number of carbonyl (C=O) groups is 1. The van der Waals surface area contributed by atoms with Crippen LogP contribution in [0.25, 0.3) is 0 Å². The van der Waals surface area contributed by atoms with Crippen LogP contribution in [0.1, 0.15) is 17.4 Å². The van der Waals surface area contributed by atoms with E-state index in [9.17, 15) is 13.2 Å². The molecule has 0 saturated carbocycles. The predicted molar refractivity (Wildman–Crippen MR) is 79.2 cm³/mol. The zero-order chi connectivity index (χ0) is 15.5. The Morgan fingerprint density at radius 1 is 1.38 bits per heavy atom. The van der Waals surface area contributed by atoms with E-state index in [2.05, 4.69) is 10.3 Å². The summed E-state index contributed by atoms with van der Waals surface area (Å²) in [4.78, 5) is 15.6. The summed E-state index contributed by atoms with van der Waals surface area (Å²) in [5.41, 5.74) is 0.859. The van der Waals surface area contributed by atoms with Gasteiger partial charge >= 0.3 is 5.97 Å². The molecular weight excluding hydrogens is 314 g/mol. The van der Waals surface area contributed by atoms with Crippen molar-refractivity contribution in [1.82, 2.24) is 4.98 Å². The molecule has 9 heteroatoms. The Balaban J connectivity index is 2.10.